The zero-order valence-corrected chi connectivity index (χ0v) is 20.6. The number of H-pyrrole nitrogens is 1. The molecule has 1 aliphatic heterocycles. The maximum atomic E-state index is 14.2. The monoisotopic (exact) mass is 485 g/mol. The first kappa shape index (κ1) is 24.0. The topological polar surface area (TPSA) is 94.7 Å². The summed E-state index contributed by atoms with van der Waals surface area (Å²) in [5, 5.41) is 14.4. The summed E-state index contributed by atoms with van der Waals surface area (Å²) in [5.41, 5.74) is 3.19. The summed E-state index contributed by atoms with van der Waals surface area (Å²) in [5.74, 6) is 2.84. The van der Waals surface area contributed by atoms with Gasteiger partial charge >= 0.3 is 0 Å². The maximum Gasteiger partial charge on any atom is 0.235 e. The Morgan fingerprint density at radius 2 is 2.11 bits per heavy atom. The Kier molecular flexibility index (Phi) is 6.23. The van der Waals surface area contributed by atoms with Gasteiger partial charge in [0.15, 0.2) is 0 Å². The number of ether oxygens (including phenoxy) is 1. The van der Waals surface area contributed by atoms with Crippen LogP contribution in [-0.2, 0) is 16.0 Å². The number of nitrogens with one attached hydrogen (secondary N) is 2. The minimum atomic E-state index is -0.806. The second-order valence-electron chi connectivity index (χ2n) is 9.97. The van der Waals surface area contributed by atoms with Gasteiger partial charge in [0.25, 0.3) is 0 Å². The summed E-state index contributed by atoms with van der Waals surface area (Å²) in [7, 11) is 1.64. The van der Waals surface area contributed by atoms with E-state index >= 15 is 0 Å². The third-order valence-corrected chi connectivity index (χ3v) is 7.89. The molecule has 7 nitrogen and oxygen atoms in total. The van der Waals surface area contributed by atoms with Crippen LogP contribution in [0, 0.1) is 23.7 Å². The van der Waals surface area contributed by atoms with Crippen LogP contribution < -0.4 is 10.1 Å². The molecule has 5 rings (SSSR count). The van der Waals surface area contributed by atoms with Gasteiger partial charge in [-0.15, -0.1) is 6.42 Å². The van der Waals surface area contributed by atoms with E-state index < -0.39 is 5.41 Å². The molecule has 1 aromatic heterocycles. The molecule has 3 atom stereocenters. The van der Waals surface area contributed by atoms with Crippen molar-refractivity contribution in [3.63, 3.8) is 0 Å². The van der Waals surface area contributed by atoms with Crippen molar-refractivity contribution in [1.82, 2.24) is 15.2 Å². The molecule has 0 spiro atoms. The lowest BCUT2D eigenvalue weighted by Gasteiger charge is -2.45. The molecule has 186 valence electrons. The highest BCUT2D eigenvalue weighted by Crippen LogP contribution is 2.55. The van der Waals surface area contributed by atoms with Crippen molar-refractivity contribution in [1.29, 1.82) is 0 Å². The van der Waals surface area contributed by atoms with Crippen LogP contribution >= 0.6 is 0 Å². The summed E-state index contributed by atoms with van der Waals surface area (Å²) < 4.78 is 5.49. The Morgan fingerprint density at radius 1 is 1.28 bits per heavy atom. The molecule has 1 unspecified atom stereocenters. The number of rotatable bonds is 6. The van der Waals surface area contributed by atoms with Crippen molar-refractivity contribution in [2.45, 2.75) is 32.1 Å². The van der Waals surface area contributed by atoms with Crippen molar-refractivity contribution < 1.29 is 19.4 Å². The van der Waals surface area contributed by atoms with Gasteiger partial charge in [0, 0.05) is 42.0 Å². The predicted molar refractivity (Wildman–Crippen MR) is 138 cm³/mol. The minimum Gasteiger partial charge on any atom is -0.508 e. The first-order valence-electron chi connectivity index (χ1n) is 12.3. The number of fused-ring (bicyclic) bond motifs is 4. The number of carbonyl (C=O) groups is 2. The SMILES string of the molecule is C#CCNCCN1C(=O)CCC2[C@H](c3cccc(O)c3)c3[nH]c4ccc(OC)cc4c3C[C@@]2(C)C1=O. The van der Waals surface area contributed by atoms with Crippen LogP contribution in [0.15, 0.2) is 42.5 Å². The summed E-state index contributed by atoms with van der Waals surface area (Å²) in [4.78, 5) is 32.4. The molecule has 3 aromatic rings. The first-order chi connectivity index (χ1) is 17.4. The van der Waals surface area contributed by atoms with Crippen molar-refractivity contribution in [3.8, 4) is 23.8 Å². The molecule has 3 N–H and O–H groups in total. The van der Waals surface area contributed by atoms with E-state index in [2.05, 4.69) is 16.2 Å². The molecule has 2 aromatic carbocycles. The number of hydrogen-bond acceptors (Lipinski definition) is 5. The third kappa shape index (κ3) is 3.92. The number of amides is 2. The van der Waals surface area contributed by atoms with Gasteiger partial charge in [0.1, 0.15) is 11.5 Å². The van der Waals surface area contributed by atoms with Crippen molar-refractivity contribution in [2.75, 3.05) is 26.7 Å². The fraction of sp³-hybridized carbons (Fsp3) is 0.379. The van der Waals surface area contributed by atoms with Gasteiger partial charge in [-0.25, -0.2) is 0 Å². The van der Waals surface area contributed by atoms with Gasteiger partial charge in [-0.1, -0.05) is 25.0 Å². The molecule has 0 bridgehead atoms. The van der Waals surface area contributed by atoms with Crippen molar-refractivity contribution >= 4 is 22.7 Å². The summed E-state index contributed by atoms with van der Waals surface area (Å²) in [6.45, 7) is 3.12. The van der Waals surface area contributed by atoms with E-state index in [9.17, 15) is 14.7 Å². The van der Waals surface area contributed by atoms with Gasteiger partial charge < -0.3 is 20.1 Å². The highest BCUT2D eigenvalue weighted by molar-refractivity contribution is 6.00. The van der Waals surface area contributed by atoms with E-state index in [-0.39, 0.29) is 35.9 Å². The molecule has 1 aliphatic carbocycles. The lowest BCUT2D eigenvalue weighted by molar-refractivity contribution is -0.151. The normalized spacial score (nSPS) is 23.6. The number of nitrogens with zero attached hydrogens (tertiary/aromatic N) is 1. The highest BCUT2D eigenvalue weighted by Gasteiger charge is 2.54. The fourth-order valence-corrected chi connectivity index (χ4v) is 6.15. The Hall–Kier alpha value is -3.76. The van der Waals surface area contributed by atoms with Gasteiger partial charge in [-0.05, 0) is 60.2 Å². The second kappa shape index (κ2) is 9.36. The molecule has 1 fully saturated rings. The number of aromatic amines is 1. The average Bonchev–Trinajstić information content (AvgIpc) is 3.19. The van der Waals surface area contributed by atoms with E-state index in [0.29, 0.717) is 32.4 Å². The summed E-state index contributed by atoms with van der Waals surface area (Å²) in [6, 6.07) is 13.2. The largest absolute Gasteiger partial charge is 0.508 e. The molecule has 1 saturated heterocycles. The molecular weight excluding hydrogens is 454 g/mol. The fourth-order valence-electron chi connectivity index (χ4n) is 6.15. The van der Waals surface area contributed by atoms with Crippen LogP contribution in [0.25, 0.3) is 10.9 Å². The number of aromatic hydroxyl groups is 1. The van der Waals surface area contributed by atoms with Crippen LogP contribution in [0.5, 0.6) is 11.5 Å². The lowest BCUT2D eigenvalue weighted by Crippen LogP contribution is -2.51. The van der Waals surface area contributed by atoms with Crippen LogP contribution in [0.4, 0.5) is 0 Å². The van der Waals surface area contributed by atoms with Crippen LogP contribution in [0.3, 0.4) is 0 Å². The molecule has 36 heavy (non-hydrogen) atoms. The van der Waals surface area contributed by atoms with E-state index in [1.54, 1.807) is 19.2 Å². The number of phenols is 1. The summed E-state index contributed by atoms with van der Waals surface area (Å²) >= 11 is 0. The maximum absolute atomic E-state index is 14.2. The molecule has 2 amide bonds. The molecule has 0 saturated carbocycles. The van der Waals surface area contributed by atoms with E-state index in [1.165, 1.54) is 4.90 Å². The van der Waals surface area contributed by atoms with Crippen LogP contribution in [0.1, 0.15) is 42.5 Å². The first-order valence-corrected chi connectivity index (χ1v) is 12.3. The average molecular weight is 486 g/mol. The number of terminal acetylenes is 1. The quantitative estimate of drug-likeness (QED) is 0.282. The minimum absolute atomic E-state index is 0.123. The number of likely N-dealkylation sites (tertiary alicyclic amines) is 1. The number of methoxy groups -OCH3 is 1. The van der Waals surface area contributed by atoms with Gasteiger partial charge in [0.2, 0.25) is 11.8 Å². The van der Waals surface area contributed by atoms with Gasteiger partial charge in [0.05, 0.1) is 19.1 Å². The second-order valence-corrected chi connectivity index (χ2v) is 9.97. The van der Waals surface area contributed by atoms with E-state index in [4.69, 9.17) is 11.2 Å². The number of imide groups is 1. The zero-order chi connectivity index (χ0) is 25.4. The van der Waals surface area contributed by atoms with Gasteiger partial charge in [-0.3, -0.25) is 14.5 Å². The predicted octanol–water partition coefficient (Wildman–Crippen LogP) is 3.56. The van der Waals surface area contributed by atoms with E-state index in [1.807, 2.05) is 37.3 Å². The number of hydrogen-bond donors (Lipinski definition) is 3. The molecule has 2 heterocycles. The highest BCUT2D eigenvalue weighted by atomic mass is 16.5. The number of aromatic nitrogens is 1. The zero-order valence-electron chi connectivity index (χ0n) is 20.6. The number of carbonyl (C=O) groups excluding carboxylic acids is 2. The van der Waals surface area contributed by atoms with Crippen molar-refractivity contribution in [3.05, 3.63) is 59.3 Å². The van der Waals surface area contributed by atoms with Crippen molar-refractivity contribution in [2.24, 2.45) is 11.3 Å². The summed E-state index contributed by atoms with van der Waals surface area (Å²) in [6.07, 6.45) is 6.71. The number of phenolic OH excluding ortho intramolecular Hbond substituents is 1. The third-order valence-electron chi connectivity index (χ3n) is 7.89. The Morgan fingerprint density at radius 3 is 2.86 bits per heavy atom. The smallest absolute Gasteiger partial charge is 0.235 e. The Balaban J connectivity index is 1.65. The molecule has 2 aliphatic rings. The Labute approximate surface area is 210 Å². The number of benzene rings is 2. The lowest BCUT2D eigenvalue weighted by atomic mass is 9.59. The molecular formula is C29H31N3O4. The van der Waals surface area contributed by atoms with Crippen LogP contribution in [-0.4, -0.2) is 53.5 Å². The van der Waals surface area contributed by atoms with Gasteiger partial charge in [-0.2, -0.15) is 0 Å². The van der Waals surface area contributed by atoms with Crippen LogP contribution in [0.2, 0.25) is 0 Å². The Bertz CT molecular complexity index is 1370. The molecule has 0 radical (unpaired) electrons. The standard InChI is InChI=1S/C29H31N3O4/c1-4-12-30-13-14-32-25(34)11-9-23-26(18-6-5-7-19(33)15-18)27-22(17-29(23,2)28(32)35)21-16-20(36-3)8-10-24(21)31-27/h1,5-8,10,15-16,23,26,30-31,33H,9,11-14,17H2,2-3H3/t23?,26-,29+/m0/s1. The molecule has 7 heteroatoms. The van der Waals surface area contributed by atoms with E-state index in [0.717, 1.165) is 33.5 Å².